The Bertz CT molecular complexity index is 2190. The summed E-state index contributed by atoms with van der Waals surface area (Å²) in [4.78, 5) is 14.0. The molecule has 9 nitrogen and oxygen atoms in total. The number of aromatic carboxylic acids is 1. The van der Waals surface area contributed by atoms with Crippen LogP contribution in [-0.2, 0) is 44.3 Å². The molecule has 0 radical (unpaired) electrons. The first kappa shape index (κ1) is 32.6. The molecule has 7 rings (SSSR count). The lowest BCUT2D eigenvalue weighted by atomic mass is 9.95. The fraction of sp³-hybridized carbons (Fsp3) is 0.306. The summed E-state index contributed by atoms with van der Waals surface area (Å²) in [5.41, 5.74) is 7.07. The third-order valence-corrected chi connectivity index (χ3v) is 11.3. The van der Waals surface area contributed by atoms with Crippen LogP contribution in [0.4, 0.5) is 0 Å². The van der Waals surface area contributed by atoms with Gasteiger partial charge < -0.3 is 19.5 Å². The molecule has 0 saturated carbocycles. The first-order valence-corrected chi connectivity index (χ1v) is 18.4. The molecule has 8 bridgehead atoms. The van der Waals surface area contributed by atoms with Gasteiger partial charge in [-0.2, -0.15) is 10.2 Å². The Morgan fingerprint density at radius 1 is 1.02 bits per heavy atom. The zero-order chi connectivity index (χ0) is 33.5. The Kier molecular flexibility index (Phi) is 9.21. The monoisotopic (exact) mass is 701 g/mol. The maximum atomic E-state index is 12.9. The maximum absolute atomic E-state index is 12.9. The number of halogens is 1. The molecule has 6 aromatic rings. The van der Waals surface area contributed by atoms with Crippen LogP contribution in [0.15, 0.2) is 59.5 Å². The topological polar surface area (TPSA) is 107 Å². The highest BCUT2D eigenvalue weighted by Crippen LogP contribution is 2.44. The van der Waals surface area contributed by atoms with Gasteiger partial charge in [-0.05, 0) is 61.0 Å². The van der Waals surface area contributed by atoms with Crippen LogP contribution in [0.5, 0.6) is 5.75 Å². The minimum atomic E-state index is -1.05. The second kappa shape index (κ2) is 13.5. The van der Waals surface area contributed by atoms with E-state index >= 15 is 0 Å². The molecule has 48 heavy (non-hydrogen) atoms. The third-order valence-electron chi connectivity index (χ3n) is 8.99. The quantitative estimate of drug-likeness (QED) is 0.194. The molecule has 12 heteroatoms. The van der Waals surface area contributed by atoms with Gasteiger partial charge in [0.25, 0.3) is 0 Å². The molecule has 1 aliphatic heterocycles. The van der Waals surface area contributed by atoms with Crippen molar-refractivity contribution in [2.75, 3.05) is 13.2 Å². The van der Waals surface area contributed by atoms with E-state index < -0.39 is 5.97 Å². The summed E-state index contributed by atoms with van der Waals surface area (Å²) in [5, 5.41) is 33.8. The molecule has 0 saturated heterocycles. The lowest BCUT2D eigenvalue weighted by Gasteiger charge is -2.14. The Morgan fingerprint density at radius 2 is 1.85 bits per heavy atom. The van der Waals surface area contributed by atoms with Gasteiger partial charge >= 0.3 is 5.97 Å². The molecule has 0 atom stereocenters. The minimum absolute atomic E-state index is 0.164. The summed E-state index contributed by atoms with van der Waals surface area (Å²) in [6, 6.07) is 18.4. The van der Waals surface area contributed by atoms with Crippen LogP contribution in [0.25, 0.3) is 32.8 Å². The molecule has 0 spiro atoms. The molecule has 3 aromatic carbocycles. The number of ether oxygens (including phenoxy) is 1. The van der Waals surface area contributed by atoms with E-state index in [1.165, 1.54) is 0 Å². The number of rotatable bonds is 3. The van der Waals surface area contributed by atoms with E-state index in [1.807, 2.05) is 59.2 Å². The molecule has 248 valence electrons. The molecule has 0 aliphatic carbocycles. The Labute approximate surface area is 291 Å². The van der Waals surface area contributed by atoms with E-state index in [9.17, 15) is 15.0 Å². The van der Waals surface area contributed by atoms with Gasteiger partial charge in [0, 0.05) is 93.2 Å². The van der Waals surface area contributed by atoms with Crippen LogP contribution in [0.3, 0.4) is 0 Å². The summed E-state index contributed by atoms with van der Waals surface area (Å²) in [5.74, 6) is 1.84. The lowest BCUT2D eigenvalue weighted by Crippen LogP contribution is -2.13. The Morgan fingerprint density at radius 3 is 2.67 bits per heavy atom. The van der Waals surface area contributed by atoms with E-state index in [0.717, 1.165) is 72.0 Å². The number of hydrogen-bond acceptors (Lipinski definition) is 7. The average molecular weight is 702 g/mol. The van der Waals surface area contributed by atoms with Crippen molar-refractivity contribution in [3.63, 3.8) is 0 Å². The van der Waals surface area contributed by atoms with Crippen molar-refractivity contribution < 1.29 is 19.7 Å². The molecular weight excluding hydrogens is 666 g/mol. The molecule has 2 N–H and O–H groups in total. The summed E-state index contributed by atoms with van der Waals surface area (Å²) >= 11 is 10.5. The summed E-state index contributed by atoms with van der Waals surface area (Å²) < 4.78 is 12.1. The summed E-state index contributed by atoms with van der Waals surface area (Å²) in [6.07, 6.45) is 0.745. The molecular formula is C36H36ClN5O4S2. The number of aromatic nitrogens is 5. The van der Waals surface area contributed by atoms with Crippen molar-refractivity contribution in [2.24, 2.45) is 14.1 Å². The second-order valence-electron chi connectivity index (χ2n) is 12.0. The van der Waals surface area contributed by atoms with Crippen molar-refractivity contribution in [2.45, 2.75) is 48.5 Å². The Hall–Kier alpha value is -3.90. The maximum Gasteiger partial charge on any atom is 0.352 e. The minimum Gasteiger partial charge on any atom is -0.493 e. The predicted molar refractivity (Wildman–Crippen MR) is 193 cm³/mol. The van der Waals surface area contributed by atoms with Crippen molar-refractivity contribution in [3.05, 3.63) is 93.7 Å². The predicted octanol–water partition coefficient (Wildman–Crippen LogP) is 7.63. The first-order chi connectivity index (χ1) is 23.2. The van der Waals surface area contributed by atoms with Gasteiger partial charge in [0.2, 0.25) is 0 Å². The summed E-state index contributed by atoms with van der Waals surface area (Å²) in [6.45, 7) is 2.61. The van der Waals surface area contributed by atoms with Crippen LogP contribution in [-0.4, -0.2) is 53.5 Å². The molecule has 0 fully saturated rings. The highest BCUT2D eigenvalue weighted by Gasteiger charge is 2.28. The number of aliphatic hydroxyl groups is 1. The van der Waals surface area contributed by atoms with Gasteiger partial charge in [-0.1, -0.05) is 35.9 Å². The van der Waals surface area contributed by atoms with Crippen LogP contribution in [0, 0.1) is 6.92 Å². The zero-order valence-corrected chi connectivity index (χ0v) is 29.4. The van der Waals surface area contributed by atoms with E-state index in [0.29, 0.717) is 41.7 Å². The smallest absolute Gasteiger partial charge is 0.352 e. The molecule has 0 unspecified atom stereocenters. The highest BCUT2D eigenvalue weighted by atomic mass is 35.5. The van der Waals surface area contributed by atoms with Crippen LogP contribution in [0.2, 0.25) is 5.02 Å². The van der Waals surface area contributed by atoms with Crippen LogP contribution in [0.1, 0.15) is 45.2 Å². The largest absolute Gasteiger partial charge is 0.493 e. The SMILES string of the molecule is Cc1c2c(nn1C)CSCc1cc(n(C)n1)CSc1cc(c3ccccc3c1)OCCCn1c(C(=O)O)c(CCO)c3c-2c(Cl)ccc31. The number of benzene rings is 3. The second-order valence-corrected chi connectivity index (χ2v) is 14.4. The standard InChI is InChI=1S/C36H36ClN5O4S2/c1-21-32-29(39-40(21)2)20-47-18-23-16-24(41(3)38-23)19-48-25-15-22-7-4-5-8-26(22)31(17-25)46-14-6-12-42-30-10-9-28(37)34(32)33(30)27(11-13-43)35(42)36(44)45/h4-5,7-10,15-17,43H,6,11-14,18-20H2,1-3H3,(H,44,45). The number of carboxylic acid groups (broad SMARTS) is 1. The van der Waals surface area contributed by atoms with E-state index in [-0.39, 0.29) is 18.7 Å². The lowest BCUT2D eigenvalue weighted by molar-refractivity contribution is 0.0683. The molecule has 1 aliphatic rings. The number of hydrogen-bond donors (Lipinski definition) is 2. The van der Waals surface area contributed by atoms with Crippen molar-refractivity contribution >= 4 is 62.8 Å². The van der Waals surface area contributed by atoms with Crippen molar-refractivity contribution in [1.29, 1.82) is 0 Å². The number of carbonyl (C=O) groups is 1. The van der Waals surface area contributed by atoms with Crippen molar-refractivity contribution in [1.82, 2.24) is 24.1 Å². The number of aliphatic hydroxyl groups excluding tert-OH is 1. The van der Waals surface area contributed by atoms with Crippen LogP contribution >= 0.6 is 35.1 Å². The number of nitrogens with zero attached hydrogens (tertiary/aromatic N) is 5. The number of fused-ring (bicyclic) bond motifs is 8. The van der Waals surface area contributed by atoms with E-state index in [1.54, 1.807) is 23.5 Å². The number of thioether (sulfide) groups is 2. The third kappa shape index (κ3) is 5.97. The highest BCUT2D eigenvalue weighted by molar-refractivity contribution is 7.98. The van der Waals surface area contributed by atoms with Gasteiger partial charge in [-0.25, -0.2) is 4.79 Å². The van der Waals surface area contributed by atoms with Crippen molar-refractivity contribution in [3.8, 4) is 16.9 Å². The van der Waals surface area contributed by atoms with Gasteiger partial charge in [0.05, 0.1) is 18.0 Å². The van der Waals surface area contributed by atoms with Gasteiger partial charge in [0.1, 0.15) is 11.4 Å². The molecule has 0 amide bonds. The first-order valence-electron chi connectivity index (χ1n) is 15.8. The molecule has 4 heterocycles. The zero-order valence-electron chi connectivity index (χ0n) is 27.0. The fourth-order valence-corrected chi connectivity index (χ4v) is 8.81. The van der Waals surface area contributed by atoms with E-state index in [4.69, 9.17) is 26.5 Å². The van der Waals surface area contributed by atoms with E-state index in [2.05, 4.69) is 30.3 Å². The fourth-order valence-electron chi connectivity index (χ4n) is 6.72. The molecule has 3 aromatic heterocycles. The normalized spacial score (nSPS) is 14.2. The van der Waals surface area contributed by atoms with Gasteiger partial charge in [0.15, 0.2) is 0 Å². The van der Waals surface area contributed by atoms with Gasteiger partial charge in [-0.15, -0.1) is 23.5 Å². The Balaban J connectivity index is 1.38. The number of carboxylic acids is 1. The van der Waals surface area contributed by atoms with Gasteiger partial charge in [-0.3, -0.25) is 9.36 Å². The average Bonchev–Trinajstić information content (AvgIpc) is 3.68. The summed E-state index contributed by atoms with van der Waals surface area (Å²) in [7, 11) is 3.90. The number of aryl methyl sites for hydroxylation is 3. The van der Waals surface area contributed by atoms with Crippen LogP contribution < -0.4 is 4.74 Å².